The van der Waals surface area contributed by atoms with Gasteiger partial charge in [0.15, 0.2) is 5.13 Å². The molecular weight excluding hydrogens is 402 g/mol. The number of hydrogen-bond acceptors (Lipinski definition) is 6. The van der Waals surface area contributed by atoms with Crippen molar-refractivity contribution in [1.29, 1.82) is 0 Å². The number of thiazole rings is 1. The van der Waals surface area contributed by atoms with Crippen LogP contribution in [0.15, 0.2) is 30.3 Å². The number of anilines is 1. The lowest BCUT2D eigenvalue weighted by Gasteiger charge is -2.27. The molecule has 0 bridgehead atoms. The van der Waals surface area contributed by atoms with Gasteiger partial charge in [0.05, 0.1) is 18.8 Å². The van der Waals surface area contributed by atoms with Gasteiger partial charge in [-0.15, -0.1) is 11.3 Å². The topological polar surface area (TPSA) is 112 Å². The first-order valence-corrected chi connectivity index (χ1v) is 10.8. The molecule has 2 N–H and O–H groups in total. The van der Waals surface area contributed by atoms with Crippen LogP contribution in [0.25, 0.3) is 0 Å². The standard InChI is InChI=1S/C17H21N5O4S2/c1-21(2)28(25,26)22-9-8-13-14(11-22)27-17(19-13)20-15(23)10-18-16(24)12-6-4-3-5-7-12/h3-7H,8-11H2,1-2H3,(H,18,24)(H,19,20,23). The number of benzene rings is 1. The van der Waals surface area contributed by atoms with Crippen LogP contribution in [0.1, 0.15) is 20.9 Å². The summed E-state index contributed by atoms with van der Waals surface area (Å²) in [5.74, 6) is -0.730. The maximum absolute atomic E-state index is 12.3. The van der Waals surface area contributed by atoms with Crippen molar-refractivity contribution in [3.63, 3.8) is 0 Å². The van der Waals surface area contributed by atoms with Crippen LogP contribution in [0.5, 0.6) is 0 Å². The van der Waals surface area contributed by atoms with Gasteiger partial charge in [-0.2, -0.15) is 17.0 Å². The first kappa shape index (κ1) is 20.4. The van der Waals surface area contributed by atoms with Gasteiger partial charge < -0.3 is 10.6 Å². The highest BCUT2D eigenvalue weighted by molar-refractivity contribution is 7.86. The number of amides is 2. The van der Waals surface area contributed by atoms with Gasteiger partial charge >= 0.3 is 0 Å². The van der Waals surface area contributed by atoms with Crippen LogP contribution >= 0.6 is 11.3 Å². The smallest absolute Gasteiger partial charge is 0.281 e. The second kappa shape index (κ2) is 8.35. The zero-order valence-electron chi connectivity index (χ0n) is 15.5. The van der Waals surface area contributed by atoms with E-state index in [1.807, 2.05) is 0 Å². The van der Waals surface area contributed by atoms with Crippen molar-refractivity contribution in [1.82, 2.24) is 18.9 Å². The fourth-order valence-electron chi connectivity index (χ4n) is 2.67. The van der Waals surface area contributed by atoms with Crippen LogP contribution in [0, 0.1) is 0 Å². The van der Waals surface area contributed by atoms with E-state index in [0.717, 1.165) is 10.6 Å². The van der Waals surface area contributed by atoms with Crippen molar-refractivity contribution in [2.24, 2.45) is 0 Å². The number of hydrogen-bond donors (Lipinski definition) is 2. The summed E-state index contributed by atoms with van der Waals surface area (Å²) in [7, 11) is -0.504. The Morgan fingerprint density at radius 1 is 1.25 bits per heavy atom. The minimum absolute atomic E-state index is 0.181. The quantitative estimate of drug-likeness (QED) is 0.710. The summed E-state index contributed by atoms with van der Waals surface area (Å²) in [5, 5.41) is 5.61. The van der Waals surface area contributed by atoms with E-state index in [9.17, 15) is 18.0 Å². The van der Waals surface area contributed by atoms with Crippen LogP contribution < -0.4 is 10.6 Å². The van der Waals surface area contributed by atoms with Crippen LogP contribution in [0.2, 0.25) is 0 Å². The molecule has 0 fully saturated rings. The summed E-state index contributed by atoms with van der Waals surface area (Å²) >= 11 is 1.25. The normalized spacial score (nSPS) is 14.5. The molecule has 28 heavy (non-hydrogen) atoms. The van der Waals surface area contributed by atoms with E-state index in [1.165, 1.54) is 34.0 Å². The van der Waals surface area contributed by atoms with Gasteiger partial charge in [0.1, 0.15) is 0 Å². The summed E-state index contributed by atoms with van der Waals surface area (Å²) in [6, 6.07) is 8.62. The number of carbonyl (C=O) groups is 2. The monoisotopic (exact) mass is 423 g/mol. The molecule has 3 rings (SSSR count). The largest absolute Gasteiger partial charge is 0.343 e. The zero-order chi connectivity index (χ0) is 20.3. The Morgan fingerprint density at radius 3 is 2.64 bits per heavy atom. The average Bonchev–Trinajstić information content (AvgIpc) is 3.07. The molecule has 1 aliphatic heterocycles. The van der Waals surface area contributed by atoms with Crippen molar-refractivity contribution in [3.05, 3.63) is 46.5 Å². The van der Waals surface area contributed by atoms with Gasteiger partial charge in [0.25, 0.3) is 16.1 Å². The molecule has 2 heterocycles. The lowest BCUT2D eigenvalue weighted by molar-refractivity contribution is -0.115. The van der Waals surface area contributed by atoms with Crippen molar-refractivity contribution in [3.8, 4) is 0 Å². The van der Waals surface area contributed by atoms with E-state index in [0.29, 0.717) is 23.7 Å². The second-order valence-electron chi connectivity index (χ2n) is 6.36. The Balaban J connectivity index is 1.57. The maximum atomic E-state index is 12.3. The number of nitrogens with zero attached hydrogens (tertiary/aromatic N) is 3. The van der Waals surface area contributed by atoms with Crippen LogP contribution in [0.3, 0.4) is 0 Å². The Morgan fingerprint density at radius 2 is 1.96 bits per heavy atom. The first-order valence-electron chi connectivity index (χ1n) is 8.56. The Bertz CT molecular complexity index is 973. The van der Waals surface area contributed by atoms with E-state index in [-0.39, 0.29) is 19.0 Å². The molecule has 2 amide bonds. The van der Waals surface area contributed by atoms with E-state index in [1.54, 1.807) is 30.3 Å². The third-order valence-electron chi connectivity index (χ3n) is 4.18. The molecule has 0 saturated carbocycles. The molecule has 1 aliphatic rings. The molecule has 150 valence electrons. The minimum Gasteiger partial charge on any atom is -0.343 e. The lowest BCUT2D eigenvalue weighted by Crippen LogP contribution is -2.42. The third kappa shape index (κ3) is 4.55. The van der Waals surface area contributed by atoms with Crippen LogP contribution in [-0.4, -0.2) is 61.0 Å². The van der Waals surface area contributed by atoms with E-state index in [2.05, 4.69) is 15.6 Å². The van der Waals surface area contributed by atoms with Gasteiger partial charge in [-0.25, -0.2) is 4.98 Å². The summed E-state index contributed by atoms with van der Waals surface area (Å²) in [4.78, 5) is 29.3. The zero-order valence-corrected chi connectivity index (χ0v) is 17.1. The number of carbonyl (C=O) groups excluding carboxylic acids is 2. The van der Waals surface area contributed by atoms with Crippen molar-refractivity contribution < 1.29 is 18.0 Å². The van der Waals surface area contributed by atoms with Gasteiger partial charge in [0, 0.05) is 37.5 Å². The summed E-state index contributed by atoms with van der Waals surface area (Å²) < 4.78 is 27.1. The molecule has 0 spiro atoms. The van der Waals surface area contributed by atoms with E-state index >= 15 is 0 Å². The Kier molecular flexibility index (Phi) is 6.08. The predicted molar refractivity (Wildman–Crippen MR) is 106 cm³/mol. The van der Waals surface area contributed by atoms with Gasteiger partial charge in [-0.1, -0.05) is 18.2 Å². The average molecular weight is 424 g/mol. The minimum atomic E-state index is -3.49. The van der Waals surface area contributed by atoms with E-state index in [4.69, 9.17) is 0 Å². The van der Waals surface area contributed by atoms with Gasteiger partial charge in [0.2, 0.25) is 5.91 Å². The molecule has 0 atom stereocenters. The molecule has 1 aromatic heterocycles. The first-order chi connectivity index (χ1) is 13.3. The van der Waals surface area contributed by atoms with Crippen molar-refractivity contribution in [2.75, 3.05) is 32.5 Å². The van der Waals surface area contributed by atoms with Crippen molar-refractivity contribution >= 4 is 38.5 Å². The van der Waals surface area contributed by atoms with Crippen LogP contribution in [0.4, 0.5) is 5.13 Å². The lowest BCUT2D eigenvalue weighted by atomic mass is 10.2. The van der Waals surface area contributed by atoms with Gasteiger partial charge in [-0.05, 0) is 12.1 Å². The molecule has 0 unspecified atom stereocenters. The molecule has 0 saturated heterocycles. The fourth-order valence-corrected chi connectivity index (χ4v) is 4.87. The highest BCUT2D eigenvalue weighted by Crippen LogP contribution is 2.29. The highest BCUT2D eigenvalue weighted by Gasteiger charge is 2.30. The molecule has 1 aromatic carbocycles. The van der Waals surface area contributed by atoms with E-state index < -0.39 is 16.1 Å². The summed E-state index contributed by atoms with van der Waals surface area (Å²) in [5.41, 5.74) is 1.26. The number of nitrogens with one attached hydrogen (secondary N) is 2. The molecule has 2 aromatic rings. The Labute approximate surface area is 167 Å². The van der Waals surface area contributed by atoms with Crippen LogP contribution in [-0.2, 0) is 28.0 Å². The number of fused-ring (bicyclic) bond motifs is 1. The molecular formula is C17H21N5O4S2. The second-order valence-corrected chi connectivity index (χ2v) is 9.59. The molecule has 0 aliphatic carbocycles. The number of rotatable bonds is 6. The summed E-state index contributed by atoms with van der Waals surface area (Å²) in [6.07, 6.45) is 0.486. The molecule has 11 heteroatoms. The number of aromatic nitrogens is 1. The van der Waals surface area contributed by atoms with Gasteiger partial charge in [-0.3, -0.25) is 9.59 Å². The molecule has 9 nitrogen and oxygen atoms in total. The Hall–Kier alpha value is -2.34. The van der Waals surface area contributed by atoms with Crippen molar-refractivity contribution in [2.45, 2.75) is 13.0 Å². The highest BCUT2D eigenvalue weighted by atomic mass is 32.2. The predicted octanol–water partition coefficient (Wildman–Crippen LogP) is 0.676. The summed E-state index contributed by atoms with van der Waals surface area (Å²) in [6.45, 7) is 0.394. The maximum Gasteiger partial charge on any atom is 0.281 e. The fraction of sp³-hybridized carbons (Fsp3) is 0.353. The molecule has 0 radical (unpaired) electrons. The SMILES string of the molecule is CN(C)S(=O)(=O)N1CCc2nc(NC(=O)CNC(=O)c3ccccc3)sc2C1. The third-order valence-corrected chi connectivity index (χ3v) is 7.06.